The predicted octanol–water partition coefficient (Wildman–Crippen LogP) is 6.06. The lowest BCUT2D eigenvalue weighted by Crippen LogP contribution is -2.01. The molecule has 1 fully saturated rings. The number of allylic oxidation sites excluding steroid dienone is 6. The molecule has 21 heavy (non-hydrogen) atoms. The Kier molecular flexibility index (Phi) is 3.91. The van der Waals surface area contributed by atoms with E-state index in [9.17, 15) is 0 Å². The predicted molar refractivity (Wildman–Crippen MR) is 92.6 cm³/mol. The van der Waals surface area contributed by atoms with Crippen LogP contribution in [0.2, 0.25) is 5.02 Å². The zero-order valence-corrected chi connectivity index (χ0v) is 13.5. The third-order valence-corrected chi connectivity index (χ3v) is 4.92. The van der Waals surface area contributed by atoms with Gasteiger partial charge in [-0.1, -0.05) is 61.0 Å². The summed E-state index contributed by atoms with van der Waals surface area (Å²) in [7, 11) is 0. The van der Waals surface area contributed by atoms with Crippen molar-refractivity contribution in [2.24, 2.45) is 5.92 Å². The molecule has 2 aliphatic rings. The van der Waals surface area contributed by atoms with Gasteiger partial charge < -0.3 is 0 Å². The fourth-order valence-corrected chi connectivity index (χ4v) is 3.90. The first-order chi connectivity index (χ1) is 10.1. The van der Waals surface area contributed by atoms with Crippen LogP contribution < -0.4 is 0 Å². The summed E-state index contributed by atoms with van der Waals surface area (Å²) < 4.78 is 0. The summed E-state index contributed by atoms with van der Waals surface area (Å²) in [5, 5.41) is 0.882. The Balaban J connectivity index is 2.00. The standard InChI is InChI=1S/C20H21Cl/c1-4-17-13(2)9-15(12-20(17)21)11-19-14(3)10-16-7-5-6-8-18(16)19/h5-7,9,11-12,18H,3-4,8,10H2,1-2H3/b19-11+. The molecule has 1 aromatic rings. The summed E-state index contributed by atoms with van der Waals surface area (Å²) in [6.07, 6.45) is 12.0. The van der Waals surface area contributed by atoms with Crippen molar-refractivity contribution in [1.29, 1.82) is 0 Å². The van der Waals surface area contributed by atoms with Gasteiger partial charge >= 0.3 is 0 Å². The topological polar surface area (TPSA) is 0 Å². The van der Waals surface area contributed by atoms with Gasteiger partial charge in [0.15, 0.2) is 0 Å². The molecule has 2 aliphatic carbocycles. The number of hydrogen-bond acceptors (Lipinski definition) is 0. The summed E-state index contributed by atoms with van der Waals surface area (Å²) in [4.78, 5) is 0. The molecule has 0 N–H and O–H groups in total. The Bertz CT molecular complexity index is 663. The van der Waals surface area contributed by atoms with Crippen LogP contribution in [0.3, 0.4) is 0 Å². The fraction of sp³-hybridized carbons (Fsp3) is 0.300. The molecule has 1 saturated carbocycles. The van der Waals surface area contributed by atoms with Crippen LogP contribution in [0, 0.1) is 12.8 Å². The van der Waals surface area contributed by atoms with Gasteiger partial charge in [-0.15, -0.1) is 0 Å². The Hall–Kier alpha value is -1.53. The number of fused-ring (bicyclic) bond motifs is 1. The zero-order chi connectivity index (χ0) is 15.0. The van der Waals surface area contributed by atoms with Gasteiger partial charge in [0.05, 0.1) is 0 Å². The largest absolute Gasteiger partial charge is 0.0952 e. The summed E-state index contributed by atoms with van der Waals surface area (Å²) in [6, 6.07) is 4.33. The van der Waals surface area contributed by atoms with E-state index in [1.54, 1.807) is 0 Å². The maximum absolute atomic E-state index is 6.42. The van der Waals surface area contributed by atoms with E-state index in [1.165, 1.54) is 33.4 Å². The Morgan fingerprint density at radius 1 is 1.38 bits per heavy atom. The average molecular weight is 297 g/mol. The number of hydrogen-bond donors (Lipinski definition) is 0. The summed E-state index contributed by atoms with van der Waals surface area (Å²) in [6.45, 7) is 8.56. The maximum Gasteiger partial charge on any atom is 0.0446 e. The first kappa shape index (κ1) is 14.4. The van der Waals surface area contributed by atoms with Gasteiger partial charge in [0, 0.05) is 10.9 Å². The van der Waals surface area contributed by atoms with Crippen LogP contribution in [0.4, 0.5) is 0 Å². The van der Waals surface area contributed by atoms with Crippen molar-refractivity contribution in [2.45, 2.75) is 33.1 Å². The van der Waals surface area contributed by atoms with Crippen molar-refractivity contribution in [2.75, 3.05) is 0 Å². The molecule has 0 aromatic heterocycles. The summed E-state index contributed by atoms with van der Waals surface area (Å²) in [5.41, 5.74) is 7.86. The quantitative estimate of drug-likeness (QED) is 0.622. The number of halogens is 1. The van der Waals surface area contributed by atoms with E-state index in [-0.39, 0.29) is 0 Å². The molecular weight excluding hydrogens is 276 g/mol. The molecule has 0 saturated heterocycles. The molecule has 0 heterocycles. The molecule has 0 spiro atoms. The van der Waals surface area contributed by atoms with Crippen LogP contribution in [0.1, 0.15) is 36.5 Å². The van der Waals surface area contributed by atoms with E-state index in [0.29, 0.717) is 5.92 Å². The number of benzene rings is 1. The van der Waals surface area contributed by atoms with Crippen molar-refractivity contribution in [3.8, 4) is 0 Å². The minimum absolute atomic E-state index is 0.521. The molecule has 0 bridgehead atoms. The Morgan fingerprint density at radius 3 is 2.90 bits per heavy atom. The van der Waals surface area contributed by atoms with Gasteiger partial charge in [-0.25, -0.2) is 0 Å². The van der Waals surface area contributed by atoms with Gasteiger partial charge in [0.25, 0.3) is 0 Å². The van der Waals surface area contributed by atoms with Crippen LogP contribution in [-0.4, -0.2) is 0 Å². The molecular formula is C20H21Cl. The van der Waals surface area contributed by atoms with Crippen molar-refractivity contribution < 1.29 is 0 Å². The molecule has 0 aliphatic heterocycles. The molecule has 1 heteroatoms. The second-order valence-electron chi connectivity index (χ2n) is 5.99. The smallest absolute Gasteiger partial charge is 0.0446 e. The lowest BCUT2D eigenvalue weighted by atomic mass is 9.90. The SMILES string of the molecule is C=C1CC2=CC=CCC2/C1=C/c1cc(C)c(CC)c(Cl)c1. The lowest BCUT2D eigenvalue weighted by molar-refractivity contribution is 0.765. The van der Waals surface area contributed by atoms with Crippen LogP contribution in [0.25, 0.3) is 6.08 Å². The van der Waals surface area contributed by atoms with Crippen molar-refractivity contribution in [1.82, 2.24) is 0 Å². The third-order valence-electron chi connectivity index (χ3n) is 4.58. The fourth-order valence-electron chi connectivity index (χ4n) is 3.49. The first-order valence-corrected chi connectivity index (χ1v) is 8.02. The van der Waals surface area contributed by atoms with Crippen molar-refractivity contribution in [3.63, 3.8) is 0 Å². The highest BCUT2D eigenvalue weighted by Crippen LogP contribution is 2.44. The van der Waals surface area contributed by atoms with E-state index < -0.39 is 0 Å². The second kappa shape index (κ2) is 5.69. The normalized spacial score (nSPS) is 22.6. The highest BCUT2D eigenvalue weighted by molar-refractivity contribution is 6.31. The number of aryl methyl sites for hydroxylation is 1. The van der Waals surface area contributed by atoms with Crippen LogP contribution in [-0.2, 0) is 6.42 Å². The molecule has 108 valence electrons. The third kappa shape index (κ3) is 2.65. The summed E-state index contributed by atoms with van der Waals surface area (Å²) >= 11 is 6.42. The van der Waals surface area contributed by atoms with E-state index >= 15 is 0 Å². The summed E-state index contributed by atoms with van der Waals surface area (Å²) in [5.74, 6) is 0.521. The van der Waals surface area contributed by atoms with Gasteiger partial charge in [0.2, 0.25) is 0 Å². The first-order valence-electron chi connectivity index (χ1n) is 7.64. The molecule has 0 nitrogen and oxygen atoms in total. The molecule has 1 atom stereocenters. The van der Waals surface area contributed by atoms with Gasteiger partial charge in [-0.3, -0.25) is 0 Å². The molecule has 1 unspecified atom stereocenters. The molecule has 0 amide bonds. The van der Waals surface area contributed by atoms with E-state index in [0.717, 1.165) is 24.3 Å². The second-order valence-corrected chi connectivity index (χ2v) is 6.40. The highest BCUT2D eigenvalue weighted by Gasteiger charge is 2.28. The monoisotopic (exact) mass is 296 g/mol. The van der Waals surface area contributed by atoms with E-state index in [2.05, 4.69) is 56.9 Å². The maximum atomic E-state index is 6.42. The van der Waals surface area contributed by atoms with Crippen molar-refractivity contribution in [3.05, 3.63) is 75.4 Å². The molecule has 1 aromatic carbocycles. The molecule has 0 radical (unpaired) electrons. The van der Waals surface area contributed by atoms with Crippen LogP contribution >= 0.6 is 11.6 Å². The highest BCUT2D eigenvalue weighted by atomic mass is 35.5. The van der Waals surface area contributed by atoms with Gasteiger partial charge in [-0.2, -0.15) is 0 Å². The molecule has 3 rings (SSSR count). The van der Waals surface area contributed by atoms with Crippen LogP contribution in [0.15, 0.2) is 53.7 Å². The van der Waals surface area contributed by atoms with Gasteiger partial charge in [0.1, 0.15) is 0 Å². The lowest BCUT2D eigenvalue weighted by Gasteiger charge is -2.15. The Labute approximate surface area is 132 Å². The van der Waals surface area contributed by atoms with Crippen LogP contribution in [0.5, 0.6) is 0 Å². The van der Waals surface area contributed by atoms with E-state index in [4.69, 9.17) is 11.6 Å². The minimum Gasteiger partial charge on any atom is -0.0952 e. The average Bonchev–Trinajstić information content (AvgIpc) is 2.75. The van der Waals surface area contributed by atoms with Crippen molar-refractivity contribution >= 4 is 17.7 Å². The van der Waals surface area contributed by atoms with Gasteiger partial charge in [-0.05, 0) is 60.1 Å². The minimum atomic E-state index is 0.521. The number of rotatable bonds is 2. The zero-order valence-electron chi connectivity index (χ0n) is 12.7. The Morgan fingerprint density at radius 2 is 2.19 bits per heavy atom. The van der Waals surface area contributed by atoms with E-state index in [1.807, 2.05) is 0 Å².